The van der Waals surface area contributed by atoms with E-state index in [1.165, 1.54) is 5.56 Å². The number of nitrogens with one attached hydrogen (secondary N) is 1. The molecule has 0 unspecified atom stereocenters. The number of fused-ring (bicyclic) bond motifs is 1. The topological polar surface area (TPSA) is 66.5 Å². The van der Waals surface area contributed by atoms with Crippen LogP contribution in [0, 0.1) is 0 Å². The second-order valence-corrected chi connectivity index (χ2v) is 7.29. The van der Waals surface area contributed by atoms with E-state index in [0.717, 1.165) is 24.9 Å². The molecule has 0 bridgehead atoms. The third kappa shape index (κ3) is 4.20. The van der Waals surface area contributed by atoms with E-state index in [2.05, 4.69) is 4.72 Å². The molecule has 1 aliphatic rings. The predicted octanol–water partition coefficient (Wildman–Crippen LogP) is 2.13. The van der Waals surface area contributed by atoms with Gasteiger partial charge in [-0.1, -0.05) is 19.4 Å². The zero-order chi connectivity index (χ0) is 15.5. The van der Waals surface area contributed by atoms with Crippen molar-refractivity contribution >= 4 is 21.6 Å². The fourth-order valence-electron chi connectivity index (χ4n) is 2.45. The summed E-state index contributed by atoms with van der Waals surface area (Å²) in [6.45, 7) is 4.80. The first-order chi connectivity index (χ1) is 9.91. The third-order valence-electron chi connectivity index (χ3n) is 3.70. The van der Waals surface area contributed by atoms with Gasteiger partial charge in [0.05, 0.1) is 5.75 Å². The summed E-state index contributed by atoms with van der Waals surface area (Å²) < 4.78 is 26.5. The third-order valence-corrected chi connectivity index (χ3v) is 5.08. The summed E-state index contributed by atoms with van der Waals surface area (Å²) in [6, 6.07) is 5.59. The van der Waals surface area contributed by atoms with Gasteiger partial charge in [0, 0.05) is 25.7 Å². The van der Waals surface area contributed by atoms with Gasteiger partial charge in [0.2, 0.25) is 15.9 Å². The quantitative estimate of drug-likeness (QED) is 0.906. The van der Waals surface area contributed by atoms with Crippen LogP contribution in [-0.2, 0) is 27.8 Å². The van der Waals surface area contributed by atoms with Crippen LogP contribution in [0.1, 0.15) is 37.8 Å². The molecule has 0 saturated heterocycles. The maximum atomic E-state index is 11.9. The molecule has 0 fully saturated rings. The molecule has 1 amide bonds. The molecule has 21 heavy (non-hydrogen) atoms. The Kier molecular flexibility index (Phi) is 4.88. The largest absolute Gasteiger partial charge is 0.338 e. The van der Waals surface area contributed by atoms with E-state index in [1.807, 2.05) is 19.1 Å². The summed E-state index contributed by atoms with van der Waals surface area (Å²) in [5.74, 6) is 0.190. The first-order valence-electron chi connectivity index (χ1n) is 7.29. The number of unbranched alkanes of at least 4 members (excludes halogenated alkanes) is 1. The molecular formula is C15H22N2O3S. The molecule has 0 aliphatic carbocycles. The first kappa shape index (κ1) is 15.8. The summed E-state index contributed by atoms with van der Waals surface area (Å²) in [6.07, 6.45) is 2.31. The molecule has 1 heterocycles. The average molecular weight is 310 g/mol. The van der Waals surface area contributed by atoms with Gasteiger partial charge >= 0.3 is 0 Å². The molecule has 0 radical (unpaired) electrons. The molecule has 5 nitrogen and oxygen atoms in total. The lowest BCUT2D eigenvalue weighted by Crippen LogP contribution is -2.34. The Balaban J connectivity index is 2.14. The number of hydrogen-bond donors (Lipinski definition) is 1. The van der Waals surface area contributed by atoms with E-state index in [0.29, 0.717) is 18.7 Å². The second kappa shape index (κ2) is 6.47. The Hall–Kier alpha value is -1.56. The van der Waals surface area contributed by atoms with Crippen molar-refractivity contribution in [3.8, 4) is 0 Å². The highest BCUT2D eigenvalue weighted by atomic mass is 32.2. The standard InChI is InChI=1S/C15H22N2O3S/c1-3-4-9-21(19,20)16-15-6-5-13-7-8-17(12(2)18)11-14(13)10-15/h5-6,10,16H,3-4,7-9,11H2,1-2H3. The van der Waals surface area contributed by atoms with Crippen LogP contribution in [0.2, 0.25) is 0 Å². The van der Waals surface area contributed by atoms with Gasteiger partial charge in [-0.2, -0.15) is 0 Å². The highest BCUT2D eigenvalue weighted by Gasteiger charge is 2.19. The minimum Gasteiger partial charge on any atom is -0.338 e. The number of anilines is 1. The number of nitrogens with zero attached hydrogens (tertiary/aromatic N) is 1. The number of carbonyl (C=O) groups is 1. The van der Waals surface area contributed by atoms with Crippen LogP contribution in [0.25, 0.3) is 0 Å². The van der Waals surface area contributed by atoms with Crippen LogP contribution in [0.4, 0.5) is 5.69 Å². The molecule has 1 aromatic carbocycles. The van der Waals surface area contributed by atoms with Crippen LogP contribution in [0.5, 0.6) is 0 Å². The van der Waals surface area contributed by atoms with Crippen LogP contribution >= 0.6 is 0 Å². The zero-order valence-electron chi connectivity index (χ0n) is 12.6. The normalized spacial score (nSPS) is 14.7. The van der Waals surface area contributed by atoms with Gasteiger partial charge in [-0.05, 0) is 36.1 Å². The Labute approximate surface area is 126 Å². The van der Waals surface area contributed by atoms with Crippen molar-refractivity contribution in [2.45, 2.75) is 39.7 Å². The van der Waals surface area contributed by atoms with Gasteiger partial charge in [-0.25, -0.2) is 8.42 Å². The number of benzene rings is 1. The molecule has 1 N–H and O–H groups in total. The van der Waals surface area contributed by atoms with E-state index in [9.17, 15) is 13.2 Å². The van der Waals surface area contributed by atoms with Gasteiger partial charge in [0.15, 0.2) is 0 Å². The first-order valence-corrected chi connectivity index (χ1v) is 8.94. The summed E-state index contributed by atoms with van der Waals surface area (Å²) >= 11 is 0. The molecule has 0 aromatic heterocycles. The van der Waals surface area contributed by atoms with Gasteiger partial charge in [-0.15, -0.1) is 0 Å². The Morgan fingerprint density at radius 2 is 2.10 bits per heavy atom. The van der Waals surface area contributed by atoms with Gasteiger partial charge in [0.25, 0.3) is 0 Å². The number of rotatable bonds is 5. The molecule has 116 valence electrons. The number of sulfonamides is 1. The lowest BCUT2D eigenvalue weighted by molar-refractivity contribution is -0.129. The van der Waals surface area contributed by atoms with Gasteiger partial charge in [-0.3, -0.25) is 9.52 Å². The summed E-state index contributed by atoms with van der Waals surface area (Å²) in [5, 5.41) is 0. The van der Waals surface area contributed by atoms with E-state index >= 15 is 0 Å². The molecular weight excluding hydrogens is 288 g/mol. The molecule has 1 aliphatic heterocycles. The summed E-state index contributed by atoms with van der Waals surface area (Å²) in [5.41, 5.74) is 2.78. The molecule has 6 heteroatoms. The Bertz CT molecular complexity index is 626. The van der Waals surface area contributed by atoms with Crippen molar-refractivity contribution in [3.63, 3.8) is 0 Å². The van der Waals surface area contributed by atoms with Crippen molar-refractivity contribution < 1.29 is 13.2 Å². The van der Waals surface area contributed by atoms with Crippen molar-refractivity contribution in [3.05, 3.63) is 29.3 Å². The predicted molar refractivity (Wildman–Crippen MR) is 83.6 cm³/mol. The fraction of sp³-hybridized carbons (Fsp3) is 0.533. The maximum Gasteiger partial charge on any atom is 0.232 e. The average Bonchev–Trinajstić information content (AvgIpc) is 2.44. The minimum atomic E-state index is -3.28. The summed E-state index contributed by atoms with van der Waals surface area (Å²) in [7, 11) is -3.28. The fourth-order valence-corrected chi connectivity index (χ4v) is 3.71. The highest BCUT2D eigenvalue weighted by Crippen LogP contribution is 2.23. The van der Waals surface area contributed by atoms with Crippen molar-refractivity contribution in [2.24, 2.45) is 0 Å². The SMILES string of the molecule is CCCCS(=O)(=O)Nc1ccc2c(c1)CN(C(C)=O)CC2. The molecule has 0 atom stereocenters. The minimum absolute atomic E-state index is 0.0505. The van der Waals surface area contributed by atoms with E-state index in [1.54, 1.807) is 17.9 Å². The second-order valence-electron chi connectivity index (χ2n) is 5.45. The van der Waals surface area contributed by atoms with Crippen molar-refractivity contribution in [2.75, 3.05) is 17.0 Å². The Morgan fingerprint density at radius 1 is 1.33 bits per heavy atom. The molecule has 0 spiro atoms. The zero-order valence-corrected chi connectivity index (χ0v) is 13.4. The molecule has 2 rings (SSSR count). The van der Waals surface area contributed by atoms with E-state index < -0.39 is 10.0 Å². The highest BCUT2D eigenvalue weighted by molar-refractivity contribution is 7.92. The van der Waals surface area contributed by atoms with Crippen LogP contribution in [-0.4, -0.2) is 31.5 Å². The smallest absolute Gasteiger partial charge is 0.232 e. The maximum absolute atomic E-state index is 11.9. The lowest BCUT2D eigenvalue weighted by Gasteiger charge is -2.28. The van der Waals surface area contributed by atoms with Gasteiger partial charge in [0.1, 0.15) is 0 Å². The van der Waals surface area contributed by atoms with Crippen LogP contribution < -0.4 is 4.72 Å². The van der Waals surface area contributed by atoms with Crippen LogP contribution in [0.3, 0.4) is 0 Å². The molecule has 0 saturated carbocycles. The summed E-state index contributed by atoms with van der Waals surface area (Å²) in [4.78, 5) is 13.2. The van der Waals surface area contributed by atoms with Crippen molar-refractivity contribution in [1.82, 2.24) is 4.90 Å². The van der Waals surface area contributed by atoms with Crippen LogP contribution in [0.15, 0.2) is 18.2 Å². The lowest BCUT2D eigenvalue weighted by atomic mass is 9.99. The number of hydrogen-bond acceptors (Lipinski definition) is 3. The van der Waals surface area contributed by atoms with E-state index in [4.69, 9.17) is 0 Å². The Morgan fingerprint density at radius 3 is 2.76 bits per heavy atom. The van der Waals surface area contributed by atoms with Gasteiger partial charge < -0.3 is 4.90 Å². The number of carbonyl (C=O) groups excluding carboxylic acids is 1. The van der Waals surface area contributed by atoms with E-state index in [-0.39, 0.29) is 11.7 Å². The monoisotopic (exact) mass is 310 g/mol. The van der Waals surface area contributed by atoms with Crippen molar-refractivity contribution in [1.29, 1.82) is 0 Å². The molecule has 1 aromatic rings. The number of amides is 1.